The highest BCUT2D eigenvalue weighted by Crippen LogP contribution is 2.13. The van der Waals surface area contributed by atoms with Crippen LogP contribution in [0.5, 0.6) is 0 Å². The van der Waals surface area contributed by atoms with E-state index in [9.17, 15) is 52.7 Å². The van der Waals surface area contributed by atoms with Gasteiger partial charge in [-0.2, -0.15) is 0 Å². The van der Waals surface area contributed by atoms with Gasteiger partial charge < -0.3 is 112 Å². The molecule has 0 saturated carbocycles. The fourth-order valence-corrected chi connectivity index (χ4v) is 10.7. The molecule has 0 spiro atoms. The summed E-state index contributed by atoms with van der Waals surface area (Å²) < 4.78 is 66.1. The van der Waals surface area contributed by atoms with Crippen molar-refractivity contribution in [3.05, 3.63) is 10.4 Å². The number of hydrogen-bond donors (Lipinski definition) is 10. The Morgan fingerprint density at radius 3 is 0.721 bits per heavy atom. The van der Waals surface area contributed by atoms with E-state index in [4.69, 9.17) is 91.0 Å². The third-order valence-electron chi connectivity index (χ3n) is 17.0. The average molecular weight is 1590 g/mol. The number of carbonyl (C=O) groups is 11. The lowest BCUT2D eigenvalue weighted by Crippen LogP contribution is -2.41. The van der Waals surface area contributed by atoms with E-state index < -0.39 is 36.2 Å². The molecule has 5 atom stereocenters. The number of rotatable bonds is 85. The highest BCUT2D eigenvalue weighted by atomic mass is 16.6. The largest absolute Gasteiger partial charge is 0.467 e. The van der Waals surface area contributed by atoms with Gasteiger partial charge >= 0.3 is 5.97 Å². The Morgan fingerprint density at radius 1 is 0.279 bits per heavy atom. The van der Waals surface area contributed by atoms with Crippen molar-refractivity contribution in [3.8, 4) is 0 Å². The van der Waals surface area contributed by atoms with E-state index in [1.807, 2.05) is 0 Å². The standard InChI is InChI=1S/C75H139N13O23/c1-100-75(99)65(22-6-11-36-80)87-74(98)31-46-107-50-54-111-58-56-109-52-48-105-41-16-26-69(93)64(21-5-10-35-79)86-73(97)30-45-106-49-53-110-57-55-108-51-47-104-40-15-25-68(92)63(20-4-9-34-78)85-72(96)29-44-103-39-14-24-67(91)62(19-3-8-33-77)84-71(95)28-43-102-38-13-23-66(90)61(18-2-7-32-76)83-70(94)27-42-101-37-12-17-60(89)59-82-88-81/h61-65H,2-59,76-80H2,1H3,(H,83,94)(H,84,95)(H,85,96)(H,86,97)(H,87,98). The van der Waals surface area contributed by atoms with Gasteiger partial charge in [0.1, 0.15) is 11.8 Å². The molecular weight excluding hydrogens is 1450 g/mol. The molecule has 0 radical (unpaired) electrons. The first-order valence-corrected chi connectivity index (χ1v) is 40.0. The smallest absolute Gasteiger partial charge is 0.328 e. The topological polar surface area (TPSA) is 538 Å². The van der Waals surface area contributed by atoms with E-state index in [0.717, 1.165) is 12.8 Å². The second-order valence-corrected chi connectivity index (χ2v) is 26.3. The second-order valence-electron chi connectivity index (χ2n) is 26.3. The Hall–Kier alpha value is -6.16. The molecule has 36 nitrogen and oxygen atoms in total. The van der Waals surface area contributed by atoms with Crippen LogP contribution < -0.4 is 55.3 Å². The van der Waals surface area contributed by atoms with Crippen molar-refractivity contribution in [3.63, 3.8) is 0 Å². The maximum Gasteiger partial charge on any atom is 0.328 e. The van der Waals surface area contributed by atoms with Gasteiger partial charge in [-0.3, -0.25) is 47.9 Å². The SMILES string of the molecule is COC(=O)C(CCCCN)NC(=O)CCOCCOCCOCCOCCCC(=O)C(CCCCN)NC(=O)CCOCCOCCOCCOCCCC(=O)C(CCCCN)NC(=O)CCOCCCC(=O)C(CCCCN)NC(=O)CCOCCCC(=O)C(CCCCN)NC(=O)CCOCCCC(=O)CN=[N+]=[N-]. The molecule has 0 aliphatic heterocycles. The highest BCUT2D eigenvalue weighted by Gasteiger charge is 2.26. The number of carbonyl (C=O) groups excluding carboxylic acids is 11. The Bertz CT molecular complexity index is 2490. The maximum atomic E-state index is 13.3. The summed E-state index contributed by atoms with van der Waals surface area (Å²) in [7, 11) is 1.28. The van der Waals surface area contributed by atoms with Crippen LogP contribution in [0.2, 0.25) is 0 Å². The van der Waals surface area contributed by atoms with Gasteiger partial charge in [0.15, 0.2) is 23.1 Å². The van der Waals surface area contributed by atoms with Crippen LogP contribution in [0.1, 0.15) is 193 Å². The van der Waals surface area contributed by atoms with Crippen LogP contribution in [0, 0.1) is 0 Å². The van der Waals surface area contributed by atoms with Crippen molar-refractivity contribution in [2.45, 2.75) is 223 Å². The number of esters is 1. The number of ketones is 5. The van der Waals surface area contributed by atoms with E-state index >= 15 is 0 Å². The number of amides is 5. The van der Waals surface area contributed by atoms with E-state index in [1.54, 1.807) is 0 Å². The Kier molecular flexibility index (Phi) is 73.4. The first-order valence-electron chi connectivity index (χ1n) is 40.0. The molecule has 0 aliphatic carbocycles. The van der Waals surface area contributed by atoms with Gasteiger partial charge in [0.05, 0.1) is 150 Å². The Balaban J connectivity index is 4.39. The summed E-state index contributed by atoms with van der Waals surface area (Å²) in [6.45, 7) is 7.81. The molecule has 0 bridgehead atoms. The summed E-state index contributed by atoms with van der Waals surface area (Å²) in [5.74, 6) is -2.84. The van der Waals surface area contributed by atoms with Gasteiger partial charge in [0.25, 0.3) is 0 Å². The summed E-state index contributed by atoms with van der Waals surface area (Å²) >= 11 is 0. The highest BCUT2D eigenvalue weighted by molar-refractivity contribution is 5.91. The van der Waals surface area contributed by atoms with Crippen LogP contribution in [0.15, 0.2) is 5.11 Å². The van der Waals surface area contributed by atoms with Crippen LogP contribution in [0.3, 0.4) is 0 Å². The lowest BCUT2D eigenvalue weighted by Gasteiger charge is -2.18. The molecule has 0 heterocycles. The number of nitrogens with zero attached hydrogens (tertiary/aromatic N) is 3. The molecule has 111 heavy (non-hydrogen) atoms. The Labute approximate surface area is 656 Å². The number of ether oxygens (including phenoxy) is 12. The zero-order chi connectivity index (χ0) is 81.7. The van der Waals surface area contributed by atoms with Crippen LogP contribution in [0.4, 0.5) is 0 Å². The van der Waals surface area contributed by atoms with Crippen molar-refractivity contribution >= 4 is 64.4 Å². The molecule has 0 aromatic carbocycles. The van der Waals surface area contributed by atoms with E-state index in [0.29, 0.717) is 228 Å². The Morgan fingerprint density at radius 2 is 0.486 bits per heavy atom. The summed E-state index contributed by atoms with van der Waals surface area (Å²) in [6.07, 6.45) is 12.3. The third-order valence-corrected chi connectivity index (χ3v) is 17.0. The van der Waals surface area contributed by atoms with Crippen LogP contribution in [0.25, 0.3) is 10.4 Å². The molecule has 642 valence electrons. The number of methoxy groups -OCH3 is 1. The molecule has 5 amide bonds. The number of nitrogens with two attached hydrogens (primary N) is 5. The normalized spacial score (nSPS) is 12.6. The average Bonchev–Trinajstić information content (AvgIpc) is 0.948. The maximum absolute atomic E-state index is 13.3. The lowest BCUT2D eigenvalue weighted by molar-refractivity contribution is -0.145. The molecule has 0 rings (SSSR count). The van der Waals surface area contributed by atoms with Gasteiger partial charge in [-0.25, -0.2) is 4.79 Å². The molecule has 36 heteroatoms. The number of Topliss-reactive ketones (excluding diaryl/α,β-unsaturated/α-hetero) is 5. The van der Waals surface area contributed by atoms with Crippen molar-refractivity contribution in [2.24, 2.45) is 33.8 Å². The van der Waals surface area contributed by atoms with Gasteiger partial charge in [-0.05, 0) is 167 Å². The van der Waals surface area contributed by atoms with E-state index in [-0.39, 0.29) is 195 Å². The minimum Gasteiger partial charge on any atom is -0.467 e. The van der Waals surface area contributed by atoms with Crippen molar-refractivity contribution < 1.29 is 110 Å². The second kappa shape index (κ2) is 77.8. The van der Waals surface area contributed by atoms with Gasteiger partial charge in [0, 0.05) is 102 Å². The minimum atomic E-state index is -0.727. The van der Waals surface area contributed by atoms with Crippen molar-refractivity contribution in [1.29, 1.82) is 0 Å². The van der Waals surface area contributed by atoms with Crippen LogP contribution >= 0.6 is 0 Å². The predicted octanol–water partition coefficient (Wildman–Crippen LogP) is 2.42. The molecule has 5 unspecified atom stereocenters. The number of hydrogen-bond acceptors (Lipinski definition) is 29. The summed E-state index contributed by atoms with van der Waals surface area (Å²) in [4.78, 5) is 142. The molecule has 0 saturated heterocycles. The molecular formula is C75H139N13O23. The summed E-state index contributed by atoms with van der Waals surface area (Å²) in [6, 6.07) is -3.46. The van der Waals surface area contributed by atoms with Gasteiger partial charge in [-0.1, -0.05) is 5.11 Å². The molecule has 0 aliphatic rings. The lowest BCUT2D eigenvalue weighted by atomic mass is 10.0. The summed E-state index contributed by atoms with van der Waals surface area (Å²) in [5, 5.41) is 17.2. The van der Waals surface area contributed by atoms with Crippen LogP contribution in [-0.2, 0) is 110 Å². The van der Waals surface area contributed by atoms with Crippen molar-refractivity contribution in [1.82, 2.24) is 26.6 Å². The molecule has 0 aromatic rings. The first kappa shape index (κ1) is 105. The zero-order valence-electron chi connectivity index (χ0n) is 66.5. The van der Waals surface area contributed by atoms with Crippen molar-refractivity contribution in [2.75, 3.05) is 192 Å². The first-order chi connectivity index (χ1) is 54.0. The number of unbranched alkanes of at least 4 members (excludes halogenated alkanes) is 5. The van der Waals surface area contributed by atoms with Gasteiger partial charge in [-0.15, -0.1) is 0 Å². The quantitative estimate of drug-likeness (QED) is 0.0137. The fourth-order valence-electron chi connectivity index (χ4n) is 10.7. The van der Waals surface area contributed by atoms with Crippen LogP contribution in [-0.4, -0.2) is 286 Å². The van der Waals surface area contributed by atoms with E-state index in [1.165, 1.54) is 7.11 Å². The minimum absolute atomic E-state index is 0.00584. The predicted molar refractivity (Wildman–Crippen MR) is 414 cm³/mol. The number of nitrogens with one attached hydrogen (secondary N) is 5. The van der Waals surface area contributed by atoms with Gasteiger partial charge in [0.2, 0.25) is 29.5 Å². The zero-order valence-corrected chi connectivity index (χ0v) is 66.5. The van der Waals surface area contributed by atoms with E-state index in [2.05, 4.69) is 36.6 Å². The summed E-state index contributed by atoms with van der Waals surface area (Å²) in [5.41, 5.74) is 36.6. The molecule has 0 aromatic heterocycles. The molecule has 0 fully saturated rings. The number of azide groups is 1. The third kappa shape index (κ3) is 65.9. The fraction of sp³-hybridized carbons (Fsp3) is 0.853. The molecule has 15 N–H and O–H groups in total. The monoisotopic (exact) mass is 1590 g/mol.